The number of hydrogen-bond acceptors (Lipinski definition) is 6. The Labute approximate surface area is 198 Å². The predicted octanol–water partition coefficient (Wildman–Crippen LogP) is 5.05. The van der Waals surface area contributed by atoms with Gasteiger partial charge in [-0.2, -0.15) is 0 Å². The van der Waals surface area contributed by atoms with E-state index in [9.17, 15) is 9.59 Å². The van der Waals surface area contributed by atoms with Crippen molar-refractivity contribution in [2.75, 3.05) is 30.8 Å². The van der Waals surface area contributed by atoms with Crippen molar-refractivity contribution in [1.29, 1.82) is 0 Å². The molecule has 0 atom stereocenters. The summed E-state index contributed by atoms with van der Waals surface area (Å²) >= 11 is 1.30. The Kier molecular flexibility index (Phi) is 8.77. The fourth-order valence-electron chi connectivity index (χ4n) is 3.20. The highest BCUT2D eigenvalue weighted by atomic mass is 32.1. The van der Waals surface area contributed by atoms with Crippen molar-refractivity contribution in [3.63, 3.8) is 0 Å². The van der Waals surface area contributed by atoms with Crippen molar-refractivity contribution >= 4 is 34.1 Å². The molecule has 8 nitrogen and oxygen atoms in total. The summed E-state index contributed by atoms with van der Waals surface area (Å²) in [6.45, 7) is 4.94. The van der Waals surface area contributed by atoms with Gasteiger partial charge in [-0.15, -0.1) is 10.2 Å². The Balaban J connectivity index is 1.54. The van der Waals surface area contributed by atoms with Gasteiger partial charge in [-0.1, -0.05) is 37.3 Å². The number of amides is 3. The van der Waals surface area contributed by atoms with E-state index in [4.69, 9.17) is 4.74 Å². The van der Waals surface area contributed by atoms with E-state index in [1.54, 1.807) is 12.0 Å². The molecule has 33 heavy (non-hydrogen) atoms. The maximum atomic E-state index is 12.7. The zero-order valence-corrected chi connectivity index (χ0v) is 19.9. The number of anilines is 2. The van der Waals surface area contributed by atoms with Crippen LogP contribution in [0, 0.1) is 0 Å². The molecule has 0 saturated heterocycles. The van der Waals surface area contributed by atoms with E-state index in [-0.39, 0.29) is 18.4 Å². The predicted molar refractivity (Wildman–Crippen MR) is 132 cm³/mol. The SMILES string of the molecule is CCCN(CCC(=O)Nc1nnc(-c2ccc(OC)cc2)s1)C(=O)Nc1cccc(CC)c1. The second kappa shape index (κ2) is 12.0. The lowest BCUT2D eigenvalue weighted by atomic mass is 10.1. The average molecular weight is 468 g/mol. The van der Waals surface area contributed by atoms with Gasteiger partial charge in [-0.05, 0) is 54.8 Å². The lowest BCUT2D eigenvalue weighted by Crippen LogP contribution is -2.37. The van der Waals surface area contributed by atoms with Crippen LogP contribution < -0.4 is 15.4 Å². The molecule has 1 aromatic heterocycles. The Hall–Kier alpha value is -3.46. The van der Waals surface area contributed by atoms with Gasteiger partial charge in [0.2, 0.25) is 11.0 Å². The van der Waals surface area contributed by atoms with E-state index in [1.165, 1.54) is 11.3 Å². The molecule has 0 spiro atoms. The molecule has 0 fully saturated rings. The van der Waals surface area contributed by atoms with Gasteiger partial charge in [-0.3, -0.25) is 4.79 Å². The number of nitrogens with zero attached hydrogens (tertiary/aromatic N) is 3. The summed E-state index contributed by atoms with van der Waals surface area (Å²) in [4.78, 5) is 26.9. The second-order valence-corrected chi connectivity index (χ2v) is 8.39. The Morgan fingerprint density at radius 2 is 1.82 bits per heavy atom. The molecule has 0 saturated carbocycles. The van der Waals surface area contributed by atoms with Gasteiger partial charge in [-0.25, -0.2) is 4.79 Å². The third kappa shape index (κ3) is 7.01. The monoisotopic (exact) mass is 467 g/mol. The summed E-state index contributed by atoms with van der Waals surface area (Å²) in [6, 6.07) is 15.0. The quantitative estimate of drug-likeness (QED) is 0.435. The molecule has 1 heterocycles. The zero-order valence-electron chi connectivity index (χ0n) is 19.1. The van der Waals surface area contributed by atoms with E-state index in [2.05, 4.69) is 27.8 Å². The highest BCUT2D eigenvalue weighted by molar-refractivity contribution is 7.18. The smallest absolute Gasteiger partial charge is 0.321 e. The normalized spacial score (nSPS) is 10.5. The number of ether oxygens (including phenoxy) is 1. The molecule has 9 heteroatoms. The highest BCUT2D eigenvalue weighted by Crippen LogP contribution is 2.27. The van der Waals surface area contributed by atoms with Crippen molar-refractivity contribution < 1.29 is 14.3 Å². The second-order valence-electron chi connectivity index (χ2n) is 7.41. The fraction of sp³-hybridized carbons (Fsp3) is 0.333. The Morgan fingerprint density at radius 3 is 2.52 bits per heavy atom. The zero-order chi connectivity index (χ0) is 23.6. The number of carbonyl (C=O) groups excluding carboxylic acids is 2. The van der Waals surface area contributed by atoms with Crippen molar-refractivity contribution in [3.05, 3.63) is 54.1 Å². The molecule has 0 aliphatic carbocycles. The Morgan fingerprint density at radius 1 is 1.03 bits per heavy atom. The molecular formula is C24H29N5O3S. The molecule has 2 aromatic carbocycles. The van der Waals surface area contributed by atoms with E-state index in [1.807, 2.05) is 55.5 Å². The lowest BCUT2D eigenvalue weighted by molar-refractivity contribution is -0.116. The van der Waals surface area contributed by atoms with Crippen LogP contribution in [0.3, 0.4) is 0 Å². The number of methoxy groups -OCH3 is 1. The highest BCUT2D eigenvalue weighted by Gasteiger charge is 2.16. The first-order valence-electron chi connectivity index (χ1n) is 10.9. The molecule has 0 aliphatic rings. The number of rotatable bonds is 10. The van der Waals surface area contributed by atoms with E-state index >= 15 is 0 Å². The van der Waals surface area contributed by atoms with Crippen LogP contribution >= 0.6 is 11.3 Å². The standard InChI is InChI=1S/C24H29N5O3S/c1-4-14-29(24(31)25-19-8-6-7-17(5-2)16-19)15-13-21(30)26-23-28-27-22(33-23)18-9-11-20(32-3)12-10-18/h6-12,16H,4-5,13-15H2,1-3H3,(H,25,31)(H,26,28,30). The van der Waals surface area contributed by atoms with Gasteiger partial charge in [0, 0.05) is 30.8 Å². The maximum absolute atomic E-state index is 12.7. The summed E-state index contributed by atoms with van der Waals surface area (Å²) in [6.07, 6.45) is 1.86. The first kappa shape index (κ1) is 24.2. The number of benzene rings is 2. The van der Waals surface area contributed by atoms with Crippen molar-refractivity contribution in [3.8, 4) is 16.3 Å². The van der Waals surface area contributed by atoms with Gasteiger partial charge in [0.1, 0.15) is 10.8 Å². The summed E-state index contributed by atoms with van der Waals surface area (Å²) in [5, 5.41) is 15.0. The topological polar surface area (TPSA) is 96.5 Å². The van der Waals surface area contributed by atoms with E-state index < -0.39 is 0 Å². The number of carbonyl (C=O) groups is 2. The first-order chi connectivity index (χ1) is 16.0. The largest absolute Gasteiger partial charge is 0.497 e. The molecule has 174 valence electrons. The van der Waals surface area contributed by atoms with Crippen LogP contribution in [-0.4, -0.2) is 47.2 Å². The molecule has 3 rings (SSSR count). The van der Waals surface area contributed by atoms with Crippen LogP contribution in [0.5, 0.6) is 5.75 Å². The average Bonchev–Trinajstić information content (AvgIpc) is 3.30. The summed E-state index contributed by atoms with van der Waals surface area (Å²) in [7, 11) is 1.61. The summed E-state index contributed by atoms with van der Waals surface area (Å²) in [5.41, 5.74) is 2.80. The lowest BCUT2D eigenvalue weighted by Gasteiger charge is -2.22. The van der Waals surface area contributed by atoms with Gasteiger partial charge in [0.25, 0.3) is 0 Å². The minimum absolute atomic E-state index is 0.167. The van der Waals surface area contributed by atoms with Gasteiger partial charge >= 0.3 is 6.03 Å². The van der Waals surface area contributed by atoms with Gasteiger partial charge in [0.15, 0.2) is 0 Å². The minimum Gasteiger partial charge on any atom is -0.497 e. The third-order valence-corrected chi connectivity index (χ3v) is 5.87. The van der Waals surface area contributed by atoms with Crippen LogP contribution in [0.15, 0.2) is 48.5 Å². The minimum atomic E-state index is -0.214. The van der Waals surface area contributed by atoms with Crippen LogP contribution in [0.25, 0.3) is 10.6 Å². The van der Waals surface area contributed by atoms with Gasteiger partial charge in [0.05, 0.1) is 7.11 Å². The fourth-order valence-corrected chi connectivity index (χ4v) is 3.96. The number of hydrogen-bond donors (Lipinski definition) is 2. The van der Waals surface area contributed by atoms with Crippen LogP contribution in [0.4, 0.5) is 15.6 Å². The Bertz CT molecular complexity index is 1070. The molecule has 2 N–H and O–H groups in total. The summed E-state index contributed by atoms with van der Waals surface area (Å²) < 4.78 is 5.16. The summed E-state index contributed by atoms with van der Waals surface area (Å²) in [5.74, 6) is 0.546. The number of aromatic nitrogens is 2. The first-order valence-corrected chi connectivity index (χ1v) is 11.8. The third-order valence-electron chi connectivity index (χ3n) is 4.98. The molecular weight excluding hydrogens is 438 g/mol. The maximum Gasteiger partial charge on any atom is 0.321 e. The molecule has 0 bridgehead atoms. The molecule has 3 amide bonds. The van der Waals surface area contributed by atoms with E-state index in [0.29, 0.717) is 23.2 Å². The number of nitrogens with one attached hydrogen (secondary N) is 2. The number of urea groups is 1. The van der Waals surface area contributed by atoms with Gasteiger partial charge < -0.3 is 20.3 Å². The van der Waals surface area contributed by atoms with Crippen molar-refractivity contribution in [1.82, 2.24) is 15.1 Å². The molecule has 0 unspecified atom stereocenters. The van der Waals surface area contributed by atoms with E-state index in [0.717, 1.165) is 35.4 Å². The van der Waals surface area contributed by atoms with Crippen LogP contribution in [-0.2, 0) is 11.2 Å². The molecule has 3 aromatic rings. The number of aryl methyl sites for hydroxylation is 1. The van der Waals surface area contributed by atoms with Crippen LogP contribution in [0.1, 0.15) is 32.3 Å². The van der Waals surface area contributed by atoms with Crippen molar-refractivity contribution in [2.24, 2.45) is 0 Å². The molecule has 0 aliphatic heterocycles. The van der Waals surface area contributed by atoms with Crippen molar-refractivity contribution in [2.45, 2.75) is 33.1 Å². The van der Waals surface area contributed by atoms with Crippen LogP contribution in [0.2, 0.25) is 0 Å². The molecule has 0 radical (unpaired) electrons.